The van der Waals surface area contributed by atoms with Gasteiger partial charge in [0.15, 0.2) is 0 Å². The number of carbonyl (C=O) groups excluding carboxylic acids is 3. The highest BCUT2D eigenvalue weighted by molar-refractivity contribution is 5.85. The van der Waals surface area contributed by atoms with E-state index >= 15 is 0 Å². The molecule has 0 aliphatic carbocycles. The number of hydrogen-bond acceptors (Lipinski definition) is 4. The number of ether oxygens (including phenoxy) is 1. The first-order valence-corrected chi connectivity index (χ1v) is 7.25. The molecule has 0 radical (unpaired) electrons. The third-order valence-corrected chi connectivity index (χ3v) is 3.92. The topological polar surface area (TPSA) is 87.7 Å². The molecule has 2 heterocycles. The van der Waals surface area contributed by atoms with Gasteiger partial charge in [-0.25, -0.2) is 4.79 Å². The number of hydrogen-bond donors (Lipinski definition) is 2. The van der Waals surface area contributed by atoms with E-state index in [9.17, 15) is 14.4 Å². The number of piperidine rings is 1. The molecule has 0 aromatic heterocycles. The summed E-state index contributed by atoms with van der Waals surface area (Å²) in [6.07, 6.45) is 1.58. The second kappa shape index (κ2) is 5.54. The number of rotatable bonds is 2. The van der Waals surface area contributed by atoms with Gasteiger partial charge in [0.2, 0.25) is 12.3 Å². The van der Waals surface area contributed by atoms with Gasteiger partial charge in [-0.2, -0.15) is 0 Å². The summed E-state index contributed by atoms with van der Waals surface area (Å²) in [5.41, 5.74) is -1.23. The molecule has 21 heavy (non-hydrogen) atoms. The van der Waals surface area contributed by atoms with Crippen LogP contribution >= 0.6 is 0 Å². The lowest BCUT2D eigenvalue weighted by Gasteiger charge is -2.32. The second-order valence-corrected chi connectivity index (χ2v) is 6.75. The van der Waals surface area contributed by atoms with Crippen LogP contribution in [-0.2, 0) is 14.3 Å². The van der Waals surface area contributed by atoms with E-state index in [0.29, 0.717) is 19.4 Å². The maximum Gasteiger partial charge on any atom is 0.411 e. The highest BCUT2D eigenvalue weighted by Crippen LogP contribution is 2.40. The van der Waals surface area contributed by atoms with Gasteiger partial charge >= 0.3 is 6.09 Å². The summed E-state index contributed by atoms with van der Waals surface area (Å²) in [4.78, 5) is 36.7. The minimum Gasteiger partial charge on any atom is -0.444 e. The van der Waals surface area contributed by atoms with Gasteiger partial charge in [-0.05, 0) is 33.6 Å². The van der Waals surface area contributed by atoms with Crippen LogP contribution in [0.4, 0.5) is 4.79 Å². The van der Waals surface area contributed by atoms with Gasteiger partial charge in [0.25, 0.3) is 0 Å². The van der Waals surface area contributed by atoms with Gasteiger partial charge < -0.3 is 15.4 Å². The minimum absolute atomic E-state index is 0.0440. The van der Waals surface area contributed by atoms with Crippen molar-refractivity contribution in [3.05, 3.63) is 0 Å². The van der Waals surface area contributed by atoms with Crippen molar-refractivity contribution in [3.63, 3.8) is 0 Å². The van der Waals surface area contributed by atoms with Crippen molar-refractivity contribution in [2.75, 3.05) is 13.1 Å². The van der Waals surface area contributed by atoms with Crippen LogP contribution in [0.1, 0.15) is 40.0 Å². The normalized spacial score (nSPS) is 29.2. The van der Waals surface area contributed by atoms with Crippen LogP contribution in [0.2, 0.25) is 0 Å². The van der Waals surface area contributed by atoms with E-state index in [1.54, 1.807) is 20.8 Å². The first kappa shape index (κ1) is 15.6. The summed E-state index contributed by atoms with van der Waals surface area (Å²) < 4.78 is 5.37. The van der Waals surface area contributed by atoms with Crippen LogP contribution in [0, 0.1) is 5.41 Å². The van der Waals surface area contributed by atoms with E-state index in [1.165, 1.54) is 4.90 Å². The molecule has 7 nitrogen and oxygen atoms in total. The summed E-state index contributed by atoms with van der Waals surface area (Å²) in [5, 5.41) is 5.47. The molecule has 2 N–H and O–H groups in total. The summed E-state index contributed by atoms with van der Waals surface area (Å²) >= 11 is 0. The Hall–Kier alpha value is -1.79. The molecule has 0 saturated carbocycles. The summed E-state index contributed by atoms with van der Waals surface area (Å²) in [5.74, 6) is -0.0440. The smallest absolute Gasteiger partial charge is 0.411 e. The summed E-state index contributed by atoms with van der Waals surface area (Å²) in [7, 11) is 0. The van der Waals surface area contributed by atoms with Crippen molar-refractivity contribution in [3.8, 4) is 0 Å². The maximum atomic E-state index is 12.3. The predicted molar refractivity (Wildman–Crippen MR) is 75.2 cm³/mol. The average Bonchev–Trinajstić information content (AvgIpc) is 2.72. The van der Waals surface area contributed by atoms with Crippen LogP contribution < -0.4 is 10.6 Å². The zero-order valence-electron chi connectivity index (χ0n) is 12.8. The van der Waals surface area contributed by atoms with Crippen LogP contribution in [0.3, 0.4) is 0 Å². The van der Waals surface area contributed by atoms with E-state index in [0.717, 1.165) is 12.8 Å². The highest BCUT2D eigenvalue weighted by atomic mass is 16.6. The zero-order chi connectivity index (χ0) is 15.7. The Labute approximate surface area is 124 Å². The molecule has 1 spiro atoms. The molecule has 2 atom stereocenters. The average molecular weight is 297 g/mol. The molecule has 2 aliphatic heterocycles. The summed E-state index contributed by atoms with van der Waals surface area (Å²) in [6, 6.07) is 0. The van der Waals surface area contributed by atoms with Crippen LogP contribution in [0.5, 0.6) is 0 Å². The van der Waals surface area contributed by atoms with Gasteiger partial charge in [0.1, 0.15) is 11.8 Å². The Morgan fingerprint density at radius 2 is 2.24 bits per heavy atom. The molecule has 0 aromatic rings. The van der Waals surface area contributed by atoms with Crippen molar-refractivity contribution >= 4 is 18.4 Å². The Morgan fingerprint density at radius 3 is 2.81 bits per heavy atom. The Morgan fingerprint density at radius 1 is 1.52 bits per heavy atom. The SMILES string of the molecule is CC(C)(C)OC(=O)N1C[C@@]2(CCCNC2=O)C[C@H]1NC=O. The number of amides is 3. The zero-order valence-corrected chi connectivity index (χ0v) is 12.8. The van der Waals surface area contributed by atoms with E-state index in [4.69, 9.17) is 4.74 Å². The molecule has 2 rings (SSSR count). The largest absolute Gasteiger partial charge is 0.444 e. The Bertz CT molecular complexity index is 446. The molecule has 2 aliphatic rings. The molecular weight excluding hydrogens is 274 g/mol. The van der Waals surface area contributed by atoms with Crippen molar-refractivity contribution in [2.24, 2.45) is 5.41 Å². The van der Waals surface area contributed by atoms with E-state index in [-0.39, 0.29) is 12.5 Å². The molecule has 0 unspecified atom stereocenters. The fourth-order valence-electron chi connectivity index (χ4n) is 3.00. The van der Waals surface area contributed by atoms with Gasteiger partial charge in [-0.3, -0.25) is 14.5 Å². The summed E-state index contributed by atoms with van der Waals surface area (Å²) in [6.45, 7) is 6.29. The number of carbonyl (C=O) groups is 3. The predicted octanol–water partition coefficient (Wildman–Crippen LogP) is 0.596. The van der Waals surface area contributed by atoms with Crippen molar-refractivity contribution < 1.29 is 19.1 Å². The van der Waals surface area contributed by atoms with Crippen LogP contribution in [-0.4, -0.2) is 48.2 Å². The Kier molecular flexibility index (Phi) is 4.11. The van der Waals surface area contributed by atoms with E-state index in [2.05, 4.69) is 10.6 Å². The van der Waals surface area contributed by atoms with Gasteiger partial charge in [-0.15, -0.1) is 0 Å². The Balaban J connectivity index is 2.17. The quantitative estimate of drug-likeness (QED) is 0.730. The third kappa shape index (κ3) is 3.28. The molecule has 3 amide bonds. The lowest BCUT2D eigenvalue weighted by molar-refractivity contribution is -0.132. The first-order chi connectivity index (χ1) is 9.77. The fourth-order valence-corrected chi connectivity index (χ4v) is 3.00. The van der Waals surface area contributed by atoms with Crippen molar-refractivity contribution in [1.82, 2.24) is 15.5 Å². The van der Waals surface area contributed by atoms with Gasteiger partial charge in [0.05, 0.1) is 5.41 Å². The van der Waals surface area contributed by atoms with Crippen molar-refractivity contribution in [2.45, 2.75) is 51.8 Å². The fraction of sp³-hybridized carbons (Fsp3) is 0.786. The molecular formula is C14H23N3O4. The maximum absolute atomic E-state index is 12.3. The number of nitrogens with one attached hydrogen (secondary N) is 2. The highest BCUT2D eigenvalue weighted by Gasteiger charge is 2.52. The van der Waals surface area contributed by atoms with Crippen molar-refractivity contribution in [1.29, 1.82) is 0 Å². The molecule has 2 saturated heterocycles. The van der Waals surface area contributed by atoms with Gasteiger partial charge in [0, 0.05) is 19.5 Å². The molecule has 118 valence electrons. The lowest BCUT2D eigenvalue weighted by atomic mass is 9.79. The minimum atomic E-state index is -0.618. The molecule has 2 fully saturated rings. The van der Waals surface area contributed by atoms with E-state index in [1.807, 2.05) is 0 Å². The number of likely N-dealkylation sites (tertiary alicyclic amines) is 1. The second-order valence-electron chi connectivity index (χ2n) is 6.75. The monoisotopic (exact) mass is 297 g/mol. The lowest BCUT2D eigenvalue weighted by Crippen LogP contribution is -2.48. The molecule has 0 bridgehead atoms. The molecule has 7 heteroatoms. The van der Waals surface area contributed by atoms with E-state index < -0.39 is 23.3 Å². The first-order valence-electron chi connectivity index (χ1n) is 7.25. The standard InChI is InChI=1S/C14H23N3O4/c1-13(2,3)21-12(20)17-8-14(7-10(17)16-9-18)5-4-6-15-11(14)19/h9-10H,4-8H2,1-3H3,(H,15,19)(H,16,18)/t10-,14+/m0/s1. The number of nitrogens with zero attached hydrogens (tertiary/aromatic N) is 1. The third-order valence-electron chi connectivity index (χ3n) is 3.92. The van der Waals surface area contributed by atoms with Crippen LogP contribution in [0.15, 0.2) is 0 Å². The van der Waals surface area contributed by atoms with Gasteiger partial charge in [-0.1, -0.05) is 0 Å². The van der Waals surface area contributed by atoms with Crippen LogP contribution in [0.25, 0.3) is 0 Å². The molecule has 0 aromatic carbocycles.